The van der Waals surface area contributed by atoms with Gasteiger partial charge in [-0.3, -0.25) is 9.59 Å². The number of amides is 1. The van der Waals surface area contributed by atoms with Crippen molar-refractivity contribution in [2.75, 3.05) is 11.9 Å². The molecule has 1 atom stereocenters. The van der Waals surface area contributed by atoms with Crippen LogP contribution in [-0.4, -0.2) is 18.5 Å². The van der Waals surface area contributed by atoms with E-state index in [4.69, 9.17) is 16.3 Å². The topological polar surface area (TPSA) is 55.4 Å². The third kappa shape index (κ3) is 5.39. The highest BCUT2D eigenvalue weighted by atomic mass is 35.5. The molecule has 0 aliphatic carbocycles. The van der Waals surface area contributed by atoms with Crippen molar-refractivity contribution in [3.8, 4) is 0 Å². The van der Waals surface area contributed by atoms with E-state index in [9.17, 15) is 9.59 Å². The van der Waals surface area contributed by atoms with Crippen LogP contribution in [0, 0.1) is 6.92 Å². The lowest BCUT2D eigenvalue weighted by molar-refractivity contribution is -0.147. The smallest absolute Gasteiger partial charge is 0.306 e. The lowest BCUT2D eigenvalue weighted by Crippen LogP contribution is -2.21. The number of rotatable bonds is 6. The Morgan fingerprint density at radius 1 is 1.17 bits per heavy atom. The molecule has 0 heterocycles. The number of halogens is 1. The summed E-state index contributed by atoms with van der Waals surface area (Å²) in [5.74, 6) is -0.748. The molecule has 0 saturated heterocycles. The summed E-state index contributed by atoms with van der Waals surface area (Å²) < 4.78 is 5.05. The van der Waals surface area contributed by atoms with Crippen molar-refractivity contribution in [3.05, 3.63) is 64.7 Å². The molecule has 0 spiro atoms. The molecule has 2 rings (SSSR count). The van der Waals surface area contributed by atoms with Gasteiger partial charge >= 0.3 is 5.97 Å². The van der Waals surface area contributed by atoms with Gasteiger partial charge in [-0.25, -0.2) is 0 Å². The molecule has 24 heavy (non-hydrogen) atoms. The van der Waals surface area contributed by atoms with Crippen molar-refractivity contribution in [2.45, 2.75) is 26.2 Å². The number of ether oxygens (including phenoxy) is 1. The number of benzene rings is 2. The predicted molar refractivity (Wildman–Crippen MR) is 95.3 cm³/mol. The van der Waals surface area contributed by atoms with Gasteiger partial charge in [0, 0.05) is 10.7 Å². The van der Waals surface area contributed by atoms with E-state index in [0.29, 0.717) is 10.7 Å². The first-order valence-electron chi connectivity index (χ1n) is 7.72. The standard InChI is InChI=1S/C19H20ClNO3/c1-13-8-9-16(20)11-17(13)21-18(22)12-24-19(23)10-14(2)15-6-4-3-5-7-15/h3-9,11,14H,10,12H2,1-2H3,(H,21,22). The number of anilines is 1. The van der Waals surface area contributed by atoms with E-state index in [0.717, 1.165) is 11.1 Å². The molecule has 1 unspecified atom stereocenters. The van der Waals surface area contributed by atoms with Crippen LogP contribution in [0.25, 0.3) is 0 Å². The van der Waals surface area contributed by atoms with Crippen LogP contribution in [-0.2, 0) is 14.3 Å². The average molecular weight is 346 g/mol. The molecule has 126 valence electrons. The van der Waals surface area contributed by atoms with E-state index >= 15 is 0 Å². The highest BCUT2D eigenvalue weighted by Crippen LogP contribution is 2.20. The van der Waals surface area contributed by atoms with Gasteiger partial charge in [-0.05, 0) is 36.1 Å². The molecule has 0 aliphatic rings. The fourth-order valence-electron chi connectivity index (χ4n) is 2.27. The zero-order valence-corrected chi connectivity index (χ0v) is 14.5. The highest BCUT2D eigenvalue weighted by molar-refractivity contribution is 6.31. The molecule has 0 radical (unpaired) electrons. The summed E-state index contributed by atoms with van der Waals surface area (Å²) in [7, 11) is 0. The number of carbonyl (C=O) groups excluding carboxylic acids is 2. The molecular weight excluding hydrogens is 326 g/mol. The van der Waals surface area contributed by atoms with Crippen LogP contribution in [0.3, 0.4) is 0 Å². The van der Waals surface area contributed by atoms with Crippen LogP contribution >= 0.6 is 11.6 Å². The van der Waals surface area contributed by atoms with Crippen molar-refractivity contribution in [1.82, 2.24) is 0 Å². The summed E-state index contributed by atoms with van der Waals surface area (Å²) >= 11 is 5.91. The van der Waals surface area contributed by atoms with Gasteiger partial charge in [0.25, 0.3) is 5.91 Å². The Bertz CT molecular complexity index is 716. The Labute approximate surface area is 146 Å². The quantitative estimate of drug-likeness (QED) is 0.793. The van der Waals surface area contributed by atoms with Crippen molar-refractivity contribution < 1.29 is 14.3 Å². The summed E-state index contributed by atoms with van der Waals surface area (Å²) in [4.78, 5) is 23.8. The molecule has 0 bridgehead atoms. The molecule has 2 aromatic carbocycles. The van der Waals surface area contributed by atoms with Gasteiger partial charge in [0.05, 0.1) is 6.42 Å². The van der Waals surface area contributed by atoms with Crippen LogP contribution in [0.2, 0.25) is 5.02 Å². The Kier molecular flexibility index (Phi) is 6.38. The molecule has 0 saturated carbocycles. The monoisotopic (exact) mass is 345 g/mol. The number of nitrogens with one attached hydrogen (secondary N) is 1. The van der Waals surface area contributed by atoms with E-state index < -0.39 is 5.97 Å². The molecule has 0 aromatic heterocycles. The zero-order chi connectivity index (χ0) is 17.5. The number of carbonyl (C=O) groups is 2. The predicted octanol–water partition coefficient (Wildman–Crippen LogP) is 4.32. The van der Waals surface area contributed by atoms with Gasteiger partial charge in [-0.1, -0.05) is 54.9 Å². The molecule has 1 N–H and O–H groups in total. The van der Waals surface area contributed by atoms with Gasteiger partial charge < -0.3 is 10.1 Å². The van der Waals surface area contributed by atoms with Gasteiger partial charge in [0.1, 0.15) is 0 Å². The van der Waals surface area contributed by atoms with Crippen LogP contribution in [0.1, 0.15) is 30.4 Å². The maximum atomic E-state index is 11.9. The second kappa shape index (κ2) is 8.50. The summed E-state index contributed by atoms with van der Waals surface area (Å²) in [6.07, 6.45) is 0.230. The number of hydrogen-bond donors (Lipinski definition) is 1. The number of esters is 1. The van der Waals surface area contributed by atoms with E-state index in [1.807, 2.05) is 50.2 Å². The van der Waals surface area contributed by atoms with Crippen molar-refractivity contribution in [3.63, 3.8) is 0 Å². The minimum absolute atomic E-state index is 0.0388. The van der Waals surface area contributed by atoms with E-state index in [2.05, 4.69) is 5.32 Å². The molecule has 1 amide bonds. The Balaban J connectivity index is 1.81. The second-order valence-corrected chi connectivity index (χ2v) is 6.12. The van der Waals surface area contributed by atoms with Crippen molar-refractivity contribution in [1.29, 1.82) is 0 Å². The molecular formula is C19H20ClNO3. The number of hydrogen-bond acceptors (Lipinski definition) is 3. The van der Waals surface area contributed by atoms with Gasteiger partial charge in [-0.15, -0.1) is 0 Å². The van der Waals surface area contributed by atoms with Crippen LogP contribution in [0.15, 0.2) is 48.5 Å². The second-order valence-electron chi connectivity index (χ2n) is 5.68. The Morgan fingerprint density at radius 3 is 2.58 bits per heavy atom. The third-order valence-corrected chi connectivity index (χ3v) is 3.91. The Morgan fingerprint density at radius 2 is 1.88 bits per heavy atom. The van der Waals surface area contributed by atoms with E-state index in [1.165, 1.54) is 0 Å². The lowest BCUT2D eigenvalue weighted by Gasteiger charge is -2.12. The first-order chi connectivity index (χ1) is 11.5. The van der Waals surface area contributed by atoms with E-state index in [1.54, 1.807) is 12.1 Å². The van der Waals surface area contributed by atoms with Crippen LogP contribution in [0.4, 0.5) is 5.69 Å². The minimum atomic E-state index is -0.399. The highest BCUT2D eigenvalue weighted by Gasteiger charge is 2.14. The fraction of sp³-hybridized carbons (Fsp3) is 0.263. The summed E-state index contributed by atoms with van der Waals surface area (Å²) in [6, 6.07) is 14.9. The summed E-state index contributed by atoms with van der Waals surface area (Å²) in [6.45, 7) is 3.50. The third-order valence-electron chi connectivity index (χ3n) is 3.68. The summed E-state index contributed by atoms with van der Waals surface area (Å²) in [5, 5.41) is 3.22. The fourth-order valence-corrected chi connectivity index (χ4v) is 2.44. The maximum absolute atomic E-state index is 11.9. The zero-order valence-electron chi connectivity index (χ0n) is 13.7. The maximum Gasteiger partial charge on any atom is 0.306 e. The number of aryl methyl sites for hydroxylation is 1. The van der Waals surface area contributed by atoms with Gasteiger partial charge in [-0.2, -0.15) is 0 Å². The van der Waals surface area contributed by atoms with Gasteiger partial charge in [0.2, 0.25) is 0 Å². The van der Waals surface area contributed by atoms with Crippen LogP contribution in [0.5, 0.6) is 0 Å². The molecule has 0 aliphatic heterocycles. The molecule has 5 heteroatoms. The first-order valence-corrected chi connectivity index (χ1v) is 8.10. The first kappa shape index (κ1) is 18.0. The largest absolute Gasteiger partial charge is 0.456 e. The van der Waals surface area contributed by atoms with E-state index in [-0.39, 0.29) is 24.9 Å². The van der Waals surface area contributed by atoms with Gasteiger partial charge in [0.15, 0.2) is 6.61 Å². The SMILES string of the molecule is Cc1ccc(Cl)cc1NC(=O)COC(=O)CC(C)c1ccccc1. The molecule has 4 nitrogen and oxygen atoms in total. The molecule has 0 fully saturated rings. The van der Waals surface area contributed by atoms with Crippen molar-refractivity contribution in [2.24, 2.45) is 0 Å². The van der Waals surface area contributed by atoms with Crippen molar-refractivity contribution >= 4 is 29.2 Å². The average Bonchev–Trinajstić information content (AvgIpc) is 2.57. The van der Waals surface area contributed by atoms with Crippen LogP contribution < -0.4 is 5.32 Å². The molecule has 2 aromatic rings. The lowest BCUT2D eigenvalue weighted by atomic mass is 9.98. The Hall–Kier alpha value is -2.33. The minimum Gasteiger partial charge on any atom is -0.456 e. The normalized spacial score (nSPS) is 11.6. The summed E-state index contributed by atoms with van der Waals surface area (Å²) in [5.41, 5.74) is 2.56.